The van der Waals surface area contributed by atoms with Crippen LogP contribution < -0.4 is 16.0 Å². The van der Waals surface area contributed by atoms with E-state index in [0.29, 0.717) is 30.8 Å². The summed E-state index contributed by atoms with van der Waals surface area (Å²) in [5, 5.41) is 18.5. The number of benzene rings is 1. The number of nitrogens with one attached hydrogen (secondary N) is 5. The molecule has 4 rings (SSSR count). The molecule has 0 saturated heterocycles. The standard InChI is InChI=1S/C41H57N9O5/c1-3-4-5-6-7-8-9-10-11-15-38(52)47-35(23-30-16-18-34(51)19-17-30)39(53)48-36(24-32-26-42-28-45-32)40(54)49-37(25-33-27-43-29-46-33)41(55)50(2)22-20-31-14-12-13-21-44-31/h12-14,16-19,21,26-29,35-37,51H,3-11,15,20,22-25H2,1-2H3,(H,42,45)(H,43,46)(H,47,52)(H,48,53)(H,49,54)/t35-,36-,37-/m0/s1. The van der Waals surface area contributed by atoms with E-state index in [1.54, 1.807) is 42.7 Å². The van der Waals surface area contributed by atoms with Crippen LogP contribution in [-0.4, -0.2) is 90.3 Å². The zero-order chi connectivity index (χ0) is 39.3. The molecule has 0 saturated carbocycles. The van der Waals surface area contributed by atoms with E-state index in [1.165, 1.54) is 56.9 Å². The number of hydrogen-bond acceptors (Lipinski definition) is 8. The predicted octanol–water partition coefficient (Wildman–Crippen LogP) is 4.34. The molecule has 1 aromatic carbocycles. The van der Waals surface area contributed by atoms with Crippen molar-refractivity contribution >= 4 is 23.6 Å². The Hall–Kier alpha value is -5.53. The number of nitrogens with zero attached hydrogens (tertiary/aromatic N) is 4. The summed E-state index contributed by atoms with van der Waals surface area (Å²) in [5.74, 6) is -1.63. The molecule has 0 spiro atoms. The van der Waals surface area contributed by atoms with E-state index < -0.39 is 29.9 Å². The summed E-state index contributed by atoms with van der Waals surface area (Å²) in [6.45, 7) is 2.58. The number of aromatic amines is 2. The van der Waals surface area contributed by atoms with E-state index >= 15 is 0 Å². The fourth-order valence-electron chi connectivity index (χ4n) is 6.33. The maximum atomic E-state index is 14.1. The normalized spacial score (nSPS) is 12.7. The summed E-state index contributed by atoms with van der Waals surface area (Å²) in [6, 6.07) is 8.91. The van der Waals surface area contributed by atoms with Crippen molar-refractivity contribution < 1.29 is 24.3 Å². The summed E-state index contributed by atoms with van der Waals surface area (Å²) >= 11 is 0. The molecule has 0 fully saturated rings. The molecule has 14 nitrogen and oxygen atoms in total. The quantitative estimate of drug-likeness (QED) is 0.0537. The third-order valence-electron chi connectivity index (χ3n) is 9.55. The van der Waals surface area contributed by atoms with Crippen molar-refractivity contribution in [2.45, 2.75) is 115 Å². The molecule has 0 aliphatic carbocycles. The number of likely N-dealkylation sites (N-methyl/N-ethyl adjacent to an activating group) is 1. The van der Waals surface area contributed by atoms with Crippen molar-refractivity contribution in [3.8, 4) is 5.75 Å². The van der Waals surface area contributed by atoms with Gasteiger partial charge in [-0.3, -0.25) is 24.2 Å². The Labute approximate surface area is 323 Å². The molecule has 3 heterocycles. The fourth-order valence-corrected chi connectivity index (χ4v) is 6.33. The first-order valence-electron chi connectivity index (χ1n) is 19.5. The zero-order valence-corrected chi connectivity index (χ0v) is 32.1. The molecular weight excluding hydrogens is 699 g/mol. The van der Waals surface area contributed by atoms with Gasteiger partial charge >= 0.3 is 0 Å². The zero-order valence-electron chi connectivity index (χ0n) is 32.1. The Kier molecular flexibility index (Phi) is 17.9. The lowest BCUT2D eigenvalue weighted by atomic mass is 10.0. The molecule has 6 N–H and O–H groups in total. The highest BCUT2D eigenvalue weighted by Crippen LogP contribution is 2.14. The molecule has 4 amide bonds. The highest BCUT2D eigenvalue weighted by atomic mass is 16.3. The van der Waals surface area contributed by atoms with Crippen LogP contribution in [0.1, 0.15) is 93.8 Å². The van der Waals surface area contributed by atoms with Gasteiger partial charge < -0.3 is 35.9 Å². The van der Waals surface area contributed by atoms with Crippen LogP contribution in [0.2, 0.25) is 0 Å². The van der Waals surface area contributed by atoms with Gasteiger partial charge in [0.15, 0.2) is 0 Å². The first-order valence-corrected chi connectivity index (χ1v) is 19.5. The molecule has 0 aliphatic heterocycles. The minimum atomic E-state index is -1.12. The van der Waals surface area contributed by atoms with E-state index in [4.69, 9.17) is 0 Å². The molecule has 0 unspecified atom stereocenters. The number of hydrogen-bond donors (Lipinski definition) is 6. The summed E-state index contributed by atoms with van der Waals surface area (Å²) in [4.78, 5) is 75.2. The Morgan fingerprint density at radius 3 is 1.89 bits per heavy atom. The van der Waals surface area contributed by atoms with E-state index in [-0.39, 0.29) is 43.2 Å². The number of phenolic OH excluding ortho intramolecular Hbond substituents is 1. The second-order valence-electron chi connectivity index (χ2n) is 14.1. The average Bonchev–Trinajstić information content (AvgIpc) is 3.91. The minimum absolute atomic E-state index is 0.0520. The van der Waals surface area contributed by atoms with Crippen molar-refractivity contribution in [1.29, 1.82) is 0 Å². The molecule has 0 bridgehead atoms. The van der Waals surface area contributed by atoms with Crippen LogP contribution in [0, 0.1) is 0 Å². The van der Waals surface area contributed by atoms with Gasteiger partial charge in [-0.25, -0.2) is 9.97 Å². The molecule has 3 atom stereocenters. The van der Waals surface area contributed by atoms with Crippen molar-refractivity contribution in [2.24, 2.45) is 0 Å². The number of amides is 4. The van der Waals surface area contributed by atoms with Crippen molar-refractivity contribution in [3.05, 3.63) is 96.4 Å². The van der Waals surface area contributed by atoms with E-state index in [1.807, 2.05) is 18.2 Å². The monoisotopic (exact) mass is 755 g/mol. The maximum Gasteiger partial charge on any atom is 0.245 e. The van der Waals surface area contributed by atoms with Crippen LogP contribution in [0.15, 0.2) is 73.7 Å². The van der Waals surface area contributed by atoms with Crippen LogP contribution >= 0.6 is 0 Å². The van der Waals surface area contributed by atoms with Gasteiger partial charge in [0.25, 0.3) is 0 Å². The predicted molar refractivity (Wildman–Crippen MR) is 210 cm³/mol. The molecular formula is C41H57N9O5. The second kappa shape index (κ2) is 23.3. The third kappa shape index (κ3) is 15.4. The summed E-state index contributed by atoms with van der Waals surface area (Å²) in [7, 11) is 1.67. The third-order valence-corrected chi connectivity index (χ3v) is 9.55. The maximum absolute atomic E-state index is 14.1. The largest absolute Gasteiger partial charge is 0.508 e. The summed E-state index contributed by atoms with van der Waals surface area (Å²) < 4.78 is 0. The van der Waals surface area contributed by atoms with E-state index in [9.17, 15) is 24.3 Å². The lowest BCUT2D eigenvalue weighted by molar-refractivity contribution is -0.137. The van der Waals surface area contributed by atoms with Crippen molar-refractivity contribution in [1.82, 2.24) is 45.8 Å². The van der Waals surface area contributed by atoms with E-state index in [2.05, 4.69) is 47.8 Å². The fraction of sp³-hybridized carbons (Fsp3) is 0.488. The summed E-state index contributed by atoms with van der Waals surface area (Å²) in [5.41, 5.74) is 2.79. The number of unbranched alkanes of at least 4 members (excludes halogenated alkanes) is 8. The van der Waals surface area contributed by atoms with Gasteiger partial charge in [0.05, 0.1) is 12.7 Å². The Morgan fingerprint density at radius 2 is 1.31 bits per heavy atom. The Balaban J connectivity index is 1.45. The smallest absolute Gasteiger partial charge is 0.245 e. The van der Waals surface area contributed by atoms with Crippen LogP contribution in [0.3, 0.4) is 0 Å². The molecule has 0 aliphatic rings. The van der Waals surface area contributed by atoms with Crippen LogP contribution in [0.5, 0.6) is 5.75 Å². The minimum Gasteiger partial charge on any atom is -0.508 e. The summed E-state index contributed by atoms with van der Waals surface area (Å²) in [6.07, 6.45) is 19.0. The first-order chi connectivity index (χ1) is 26.7. The molecule has 3 aromatic heterocycles. The Morgan fingerprint density at radius 1 is 0.727 bits per heavy atom. The van der Waals surface area contributed by atoms with Crippen LogP contribution in [-0.2, 0) is 44.9 Å². The number of aromatic nitrogens is 5. The topological polar surface area (TPSA) is 198 Å². The van der Waals surface area contributed by atoms with E-state index in [0.717, 1.165) is 30.5 Å². The lowest BCUT2D eigenvalue weighted by Gasteiger charge is -2.27. The van der Waals surface area contributed by atoms with Gasteiger partial charge in [0, 0.05) is 81.4 Å². The highest BCUT2D eigenvalue weighted by molar-refractivity contribution is 5.94. The van der Waals surface area contributed by atoms with Gasteiger partial charge in [-0.15, -0.1) is 0 Å². The lowest BCUT2D eigenvalue weighted by Crippen LogP contribution is -2.58. The van der Waals surface area contributed by atoms with Crippen molar-refractivity contribution in [3.63, 3.8) is 0 Å². The number of H-pyrrole nitrogens is 2. The SMILES string of the molecule is CCCCCCCCCCCC(=O)N[C@@H](Cc1ccc(O)cc1)C(=O)N[C@@H](Cc1cnc[nH]1)C(=O)N[C@@H](Cc1cnc[nH]1)C(=O)N(C)CCc1ccccn1. The van der Waals surface area contributed by atoms with Gasteiger partial charge in [0.1, 0.15) is 23.9 Å². The number of imidazole rings is 2. The molecule has 55 heavy (non-hydrogen) atoms. The highest BCUT2D eigenvalue weighted by Gasteiger charge is 2.32. The number of carbonyl (C=O) groups is 4. The number of pyridine rings is 1. The van der Waals surface area contributed by atoms with Gasteiger partial charge in [-0.05, 0) is 36.2 Å². The average molecular weight is 756 g/mol. The van der Waals surface area contributed by atoms with Gasteiger partial charge in [-0.1, -0.05) is 76.5 Å². The number of rotatable bonds is 25. The molecule has 14 heteroatoms. The first kappa shape index (κ1) is 42.2. The van der Waals surface area contributed by atoms with Crippen LogP contribution in [0.25, 0.3) is 0 Å². The molecule has 4 aromatic rings. The number of carbonyl (C=O) groups excluding carboxylic acids is 4. The second-order valence-corrected chi connectivity index (χ2v) is 14.1. The van der Waals surface area contributed by atoms with Crippen molar-refractivity contribution in [2.75, 3.05) is 13.6 Å². The molecule has 296 valence electrons. The van der Waals surface area contributed by atoms with Crippen LogP contribution in [0.4, 0.5) is 0 Å². The Bertz CT molecular complexity index is 1700. The number of aromatic hydroxyl groups is 1. The van der Waals surface area contributed by atoms with Gasteiger partial charge in [-0.2, -0.15) is 0 Å². The van der Waals surface area contributed by atoms with Gasteiger partial charge in [0.2, 0.25) is 23.6 Å². The molecule has 0 radical (unpaired) electrons. The number of phenols is 1.